The molecule has 1 aliphatic heterocycles. The first-order chi connectivity index (χ1) is 13.1. The fourth-order valence-electron chi connectivity index (χ4n) is 5.05. The van der Waals surface area contributed by atoms with E-state index in [1.165, 1.54) is 6.42 Å². The number of para-hydroxylation sites is 2. The molecule has 3 amide bonds. The van der Waals surface area contributed by atoms with Gasteiger partial charge in [0.05, 0.1) is 11.4 Å². The highest BCUT2D eigenvalue weighted by atomic mass is 35.5. The van der Waals surface area contributed by atoms with Gasteiger partial charge in [0.25, 0.3) is 0 Å². The molecule has 0 spiro atoms. The minimum absolute atomic E-state index is 0. The molecule has 1 heterocycles. The van der Waals surface area contributed by atoms with E-state index in [4.69, 9.17) is 5.73 Å². The smallest absolute Gasteiger partial charge is 0.321 e. The lowest BCUT2D eigenvalue weighted by molar-refractivity contribution is -0.122. The van der Waals surface area contributed by atoms with Crippen molar-refractivity contribution >= 4 is 35.7 Å². The highest BCUT2D eigenvalue weighted by Crippen LogP contribution is 2.42. The Labute approximate surface area is 173 Å². The van der Waals surface area contributed by atoms with Crippen LogP contribution in [0.5, 0.6) is 0 Å². The zero-order chi connectivity index (χ0) is 18.8. The van der Waals surface area contributed by atoms with Gasteiger partial charge in [-0.3, -0.25) is 4.79 Å². The SMILES string of the molecule is Cl.NC1C2CCCC1CC(C(=O)Nc1ccccc1NC(=O)N1CCCC1)C2. The number of carbonyl (C=O) groups excluding carboxylic acids is 2. The number of nitrogens with zero attached hydrogens (tertiary/aromatic N) is 1. The van der Waals surface area contributed by atoms with E-state index in [-0.39, 0.29) is 36.3 Å². The van der Waals surface area contributed by atoms with Crippen molar-refractivity contribution in [2.75, 3.05) is 23.7 Å². The number of fused-ring (bicyclic) bond motifs is 2. The number of carbonyl (C=O) groups is 2. The number of nitrogens with one attached hydrogen (secondary N) is 2. The lowest BCUT2D eigenvalue weighted by Gasteiger charge is -2.43. The number of amides is 3. The maximum Gasteiger partial charge on any atom is 0.321 e. The number of halogens is 1. The molecule has 4 N–H and O–H groups in total. The second kappa shape index (κ2) is 9.14. The number of likely N-dealkylation sites (tertiary alicyclic amines) is 1. The summed E-state index contributed by atoms with van der Waals surface area (Å²) in [5, 5.41) is 6.03. The Bertz CT molecular complexity index is 693. The van der Waals surface area contributed by atoms with Crippen LogP contribution in [0.2, 0.25) is 0 Å². The van der Waals surface area contributed by atoms with Crippen molar-refractivity contribution in [1.82, 2.24) is 4.90 Å². The molecule has 2 atom stereocenters. The molecular formula is C21H31ClN4O2. The summed E-state index contributed by atoms with van der Waals surface area (Å²) < 4.78 is 0. The van der Waals surface area contributed by atoms with Crippen LogP contribution in [0.15, 0.2) is 24.3 Å². The molecule has 154 valence electrons. The number of anilines is 2. The maximum atomic E-state index is 12.9. The third-order valence-corrected chi connectivity index (χ3v) is 6.60. The van der Waals surface area contributed by atoms with Gasteiger partial charge in [-0.25, -0.2) is 4.79 Å². The average molecular weight is 407 g/mol. The lowest BCUT2D eigenvalue weighted by atomic mass is 9.65. The summed E-state index contributed by atoms with van der Waals surface area (Å²) in [5.41, 5.74) is 7.69. The van der Waals surface area contributed by atoms with Gasteiger partial charge in [0.2, 0.25) is 5.91 Å². The van der Waals surface area contributed by atoms with Gasteiger partial charge in [0.1, 0.15) is 0 Å². The summed E-state index contributed by atoms with van der Waals surface area (Å²) in [6.45, 7) is 1.59. The van der Waals surface area contributed by atoms with E-state index in [2.05, 4.69) is 10.6 Å². The molecule has 7 heteroatoms. The number of benzene rings is 1. The van der Waals surface area contributed by atoms with E-state index in [0.717, 1.165) is 51.6 Å². The second-order valence-electron chi connectivity index (χ2n) is 8.36. The zero-order valence-corrected chi connectivity index (χ0v) is 17.0. The van der Waals surface area contributed by atoms with Gasteiger partial charge in [-0.1, -0.05) is 18.6 Å². The highest BCUT2D eigenvalue weighted by Gasteiger charge is 2.40. The molecule has 6 nitrogen and oxygen atoms in total. The first kappa shape index (κ1) is 20.9. The predicted molar refractivity (Wildman–Crippen MR) is 114 cm³/mol. The van der Waals surface area contributed by atoms with Crippen LogP contribution in [0.3, 0.4) is 0 Å². The number of hydrogen-bond acceptors (Lipinski definition) is 3. The third kappa shape index (κ3) is 4.44. The van der Waals surface area contributed by atoms with Crippen LogP contribution in [-0.2, 0) is 4.79 Å². The Morgan fingerprint density at radius 2 is 1.50 bits per heavy atom. The largest absolute Gasteiger partial charge is 0.327 e. The van der Waals surface area contributed by atoms with Crippen molar-refractivity contribution in [3.05, 3.63) is 24.3 Å². The van der Waals surface area contributed by atoms with Crippen LogP contribution in [0.4, 0.5) is 16.2 Å². The highest BCUT2D eigenvalue weighted by molar-refractivity contribution is 5.99. The van der Waals surface area contributed by atoms with Crippen LogP contribution >= 0.6 is 12.4 Å². The van der Waals surface area contributed by atoms with Crippen molar-refractivity contribution in [2.45, 2.75) is 51.0 Å². The average Bonchev–Trinajstić information content (AvgIpc) is 3.18. The first-order valence-corrected chi connectivity index (χ1v) is 10.3. The van der Waals surface area contributed by atoms with Gasteiger partial charge in [-0.15, -0.1) is 12.4 Å². The molecule has 3 aliphatic rings. The molecule has 0 radical (unpaired) electrons. The minimum Gasteiger partial charge on any atom is -0.327 e. The van der Waals surface area contributed by atoms with E-state index in [1.54, 1.807) is 0 Å². The van der Waals surface area contributed by atoms with Crippen LogP contribution in [0.25, 0.3) is 0 Å². The van der Waals surface area contributed by atoms with E-state index < -0.39 is 0 Å². The van der Waals surface area contributed by atoms with Crippen molar-refractivity contribution in [3.8, 4) is 0 Å². The van der Waals surface area contributed by atoms with Gasteiger partial charge in [0.15, 0.2) is 0 Å². The molecule has 28 heavy (non-hydrogen) atoms. The summed E-state index contributed by atoms with van der Waals surface area (Å²) in [4.78, 5) is 27.2. The summed E-state index contributed by atoms with van der Waals surface area (Å²) in [5.74, 6) is 1.01. The number of hydrogen-bond donors (Lipinski definition) is 3. The van der Waals surface area contributed by atoms with Crippen LogP contribution in [0, 0.1) is 17.8 Å². The van der Waals surface area contributed by atoms with Crippen LogP contribution in [0.1, 0.15) is 44.9 Å². The van der Waals surface area contributed by atoms with Crippen LogP contribution in [-0.4, -0.2) is 36.0 Å². The predicted octanol–water partition coefficient (Wildman–Crippen LogP) is 3.83. The first-order valence-electron chi connectivity index (χ1n) is 10.3. The van der Waals surface area contributed by atoms with Gasteiger partial charge in [-0.05, 0) is 62.5 Å². The standard InChI is InChI=1S/C21H30N4O2.ClH/c22-19-14-6-5-7-15(19)13-16(12-14)20(26)23-17-8-1-2-9-18(17)24-21(27)25-10-3-4-11-25;/h1-2,8-9,14-16,19H,3-7,10-13,22H2,(H,23,26)(H,24,27);1H. The topological polar surface area (TPSA) is 87.5 Å². The molecule has 1 aromatic carbocycles. The molecule has 2 bridgehead atoms. The lowest BCUT2D eigenvalue weighted by Crippen LogP contribution is -2.48. The summed E-state index contributed by atoms with van der Waals surface area (Å²) >= 11 is 0. The molecule has 3 fully saturated rings. The Morgan fingerprint density at radius 1 is 0.929 bits per heavy atom. The van der Waals surface area contributed by atoms with Crippen molar-refractivity contribution in [1.29, 1.82) is 0 Å². The fourth-order valence-corrected chi connectivity index (χ4v) is 5.05. The Kier molecular flexibility index (Phi) is 6.83. The van der Waals surface area contributed by atoms with Crippen molar-refractivity contribution < 1.29 is 9.59 Å². The van der Waals surface area contributed by atoms with E-state index in [1.807, 2.05) is 29.2 Å². The molecule has 4 rings (SSSR count). The van der Waals surface area contributed by atoms with Crippen LogP contribution < -0.4 is 16.4 Å². The molecule has 0 aromatic heterocycles. The molecule has 1 aromatic rings. The summed E-state index contributed by atoms with van der Waals surface area (Å²) in [7, 11) is 0. The molecule has 2 saturated carbocycles. The number of rotatable bonds is 3. The summed E-state index contributed by atoms with van der Waals surface area (Å²) in [6, 6.07) is 7.62. The Hall–Kier alpha value is -1.79. The fraction of sp³-hybridized carbons (Fsp3) is 0.619. The Morgan fingerprint density at radius 3 is 2.11 bits per heavy atom. The quantitative estimate of drug-likeness (QED) is 0.712. The van der Waals surface area contributed by atoms with Gasteiger partial charge in [-0.2, -0.15) is 0 Å². The third-order valence-electron chi connectivity index (χ3n) is 6.60. The number of urea groups is 1. The normalized spacial score (nSPS) is 29.0. The monoisotopic (exact) mass is 406 g/mol. The summed E-state index contributed by atoms with van der Waals surface area (Å²) in [6.07, 6.45) is 7.39. The van der Waals surface area contributed by atoms with Gasteiger partial charge in [0, 0.05) is 25.0 Å². The maximum absolute atomic E-state index is 12.9. The van der Waals surface area contributed by atoms with E-state index in [0.29, 0.717) is 23.2 Å². The van der Waals surface area contributed by atoms with Crippen molar-refractivity contribution in [2.24, 2.45) is 23.5 Å². The van der Waals surface area contributed by atoms with E-state index >= 15 is 0 Å². The molecule has 1 saturated heterocycles. The molecular weight excluding hydrogens is 376 g/mol. The molecule has 2 unspecified atom stereocenters. The van der Waals surface area contributed by atoms with E-state index in [9.17, 15) is 9.59 Å². The number of nitrogens with two attached hydrogens (primary N) is 1. The zero-order valence-electron chi connectivity index (χ0n) is 16.2. The van der Waals surface area contributed by atoms with Gasteiger partial charge >= 0.3 is 6.03 Å². The van der Waals surface area contributed by atoms with Crippen molar-refractivity contribution in [3.63, 3.8) is 0 Å². The second-order valence-corrected chi connectivity index (χ2v) is 8.36. The minimum atomic E-state index is -0.0904. The Balaban J connectivity index is 0.00000225. The van der Waals surface area contributed by atoms with Gasteiger partial charge < -0.3 is 21.3 Å². The molecule has 2 aliphatic carbocycles.